The highest BCUT2D eigenvalue weighted by molar-refractivity contribution is 5.89. The van der Waals surface area contributed by atoms with Gasteiger partial charge in [-0.15, -0.1) is 0 Å². The average molecular weight is 432 g/mol. The molecule has 0 radical (unpaired) electrons. The van der Waals surface area contributed by atoms with E-state index in [0.717, 1.165) is 16.9 Å². The van der Waals surface area contributed by atoms with Crippen molar-refractivity contribution in [2.45, 2.75) is 13.3 Å². The van der Waals surface area contributed by atoms with Crippen LogP contribution in [0.4, 0.5) is 34.5 Å². The second-order valence-corrected chi connectivity index (χ2v) is 7.00. The first-order valence-corrected chi connectivity index (χ1v) is 9.98. The number of hydrogen-bond acceptors (Lipinski definition) is 7. The number of anilines is 5. The number of rotatable bonds is 10. The van der Waals surface area contributed by atoms with E-state index in [-0.39, 0.29) is 5.91 Å². The predicted molar refractivity (Wildman–Crippen MR) is 128 cm³/mol. The number of aliphatic imine (C=N–C) groups is 1. The first-order valence-electron chi connectivity index (χ1n) is 9.98. The topological polar surface area (TPSA) is 112 Å². The number of aromatic nitrogens is 2. The van der Waals surface area contributed by atoms with E-state index >= 15 is 0 Å². The van der Waals surface area contributed by atoms with Gasteiger partial charge in [0.1, 0.15) is 5.69 Å². The number of carbonyl (C=O) groups is 2. The largest absolute Gasteiger partial charge is 0.358 e. The molecule has 3 aromatic rings. The van der Waals surface area contributed by atoms with E-state index in [1.807, 2.05) is 48.3 Å². The Morgan fingerprint density at radius 2 is 1.97 bits per heavy atom. The number of nitrogens with one attached hydrogen (secondary N) is 3. The zero-order valence-electron chi connectivity index (χ0n) is 18.0. The Hall–Kier alpha value is -4.27. The molecule has 1 aromatic heterocycles. The Kier molecular flexibility index (Phi) is 7.47. The Balaban J connectivity index is 1.85. The molecule has 0 saturated heterocycles. The first-order chi connectivity index (χ1) is 15.5. The van der Waals surface area contributed by atoms with E-state index in [1.54, 1.807) is 18.3 Å². The molecule has 9 heteroatoms. The number of hydrogen-bond donors (Lipinski definition) is 3. The van der Waals surface area contributed by atoms with Crippen molar-refractivity contribution in [3.05, 3.63) is 60.3 Å². The lowest BCUT2D eigenvalue weighted by Gasteiger charge is -2.21. The molecule has 0 aliphatic heterocycles. The van der Waals surface area contributed by atoms with Crippen LogP contribution in [0.25, 0.3) is 0 Å². The van der Waals surface area contributed by atoms with Gasteiger partial charge in [0.05, 0.1) is 6.20 Å². The van der Waals surface area contributed by atoms with Gasteiger partial charge in [-0.25, -0.2) is 4.98 Å². The molecule has 0 aliphatic rings. The highest BCUT2D eigenvalue weighted by atomic mass is 16.1. The summed E-state index contributed by atoms with van der Waals surface area (Å²) in [6.45, 7) is 5.65. The van der Waals surface area contributed by atoms with Crippen molar-refractivity contribution in [1.82, 2.24) is 15.3 Å². The summed E-state index contributed by atoms with van der Waals surface area (Å²) < 4.78 is 0. The fourth-order valence-electron chi connectivity index (χ4n) is 3.11. The summed E-state index contributed by atoms with van der Waals surface area (Å²) in [5.74, 6) is 0.817. The van der Waals surface area contributed by atoms with Crippen molar-refractivity contribution < 1.29 is 9.59 Å². The quantitative estimate of drug-likeness (QED) is 0.257. The Bertz CT molecular complexity index is 1120. The van der Waals surface area contributed by atoms with Gasteiger partial charge in [0, 0.05) is 37.6 Å². The van der Waals surface area contributed by atoms with Crippen LogP contribution >= 0.6 is 0 Å². The summed E-state index contributed by atoms with van der Waals surface area (Å²) in [7, 11) is 1.89. The van der Waals surface area contributed by atoms with Crippen molar-refractivity contribution in [2.24, 2.45) is 4.99 Å². The fraction of sp³-hybridized carbons (Fsp3) is 0.174. The molecule has 0 aliphatic carbocycles. The van der Waals surface area contributed by atoms with E-state index in [1.165, 1.54) is 6.92 Å². The molecule has 0 bridgehead atoms. The molecule has 32 heavy (non-hydrogen) atoms. The monoisotopic (exact) mass is 431 g/mol. The Labute approximate surface area is 186 Å². The van der Waals surface area contributed by atoms with Crippen molar-refractivity contribution >= 4 is 53.6 Å². The molecule has 2 amide bonds. The standard InChI is InChI=1S/C23H25N7O2/c1-16(32)27-18-7-5-8-19(13-18)28-23-26-14-21(24-2)22(29-23)30(3)20-9-4-6-17(12-20)10-11-25-15-31/h4-9,12-15H,2,10-11H2,1,3H3,(H,25,31)(H,27,32)(H,26,28,29). The first kappa shape index (κ1) is 22.4. The molecule has 0 unspecified atom stereocenters. The fourth-order valence-corrected chi connectivity index (χ4v) is 3.11. The molecular formula is C23H25N7O2. The summed E-state index contributed by atoms with van der Waals surface area (Å²) in [5, 5.41) is 8.58. The lowest BCUT2D eigenvalue weighted by atomic mass is 10.1. The second-order valence-electron chi connectivity index (χ2n) is 7.00. The average Bonchev–Trinajstić information content (AvgIpc) is 2.79. The summed E-state index contributed by atoms with van der Waals surface area (Å²) in [6.07, 6.45) is 3.01. The van der Waals surface area contributed by atoms with Crippen molar-refractivity contribution in [2.75, 3.05) is 29.1 Å². The van der Waals surface area contributed by atoms with Crippen LogP contribution in [0.15, 0.2) is 59.7 Å². The number of benzene rings is 2. The van der Waals surface area contributed by atoms with Crippen molar-refractivity contribution in [3.8, 4) is 0 Å². The summed E-state index contributed by atoms with van der Waals surface area (Å²) in [5.41, 5.74) is 3.94. The molecule has 9 nitrogen and oxygen atoms in total. The van der Waals surface area contributed by atoms with Crippen molar-refractivity contribution in [3.63, 3.8) is 0 Å². The summed E-state index contributed by atoms with van der Waals surface area (Å²) in [4.78, 5) is 36.7. The molecule has 0 atom stereocenters. The Morgan fingerprint density at radius 3 is 2.72 bits per heavy atom. The minimum atomic E-state index is -0.145. The predicted octanol–water partition coefficient (Wildman–Crippen LogP) is 3.57. The maximum atomic E-state index is 11.3. The second kappa shape index (κ2) is 10.7. The molecule has 0 saturated carbocycles. The van der Waals surface area contributed by atoms with Crippen LogP contribution in [0.5, 0.6) is 0 Å². The van der Waals surface area contributed by atoms with E-state index < -0.39 is 0 Å². The van der Waals surface area contributed by atoms with E-state index in [4.69, 9.17) is 0 Å². The smallest absolute Gasteiger partial charge is 0.229 e. The van der Waals surface area contributed by atoms with Gasteiger partial charge in [-0.2, -0.15) is 4.98 Å². The normalized spacial score (nSPS) is 10.2. The molecule has 164 valence electrons. The minimum absolute atomic E-state index is 0.145. The molecule has 0 spiro atoms. The van der Waals surface area contributed by atoms with Gasteiger partial charge in [-0.05, 0) is 49.0 Å². The lowest BCUT2D eigenvalue weighted by Crippen LogP contribution is -2.15. The van der Waals surface area contributed by atoms with Crippen LogP contribution in [0.3, 0.4) is 0 Å². The van der Waals surface area contributed by atoms with Crippen LogP contribution in [0.2, 0.25) is 0 Å². The number of carbonyl (C=O) groups excluding carboxylic acids is 2. The van der Waals surface area contributed by atoms with Gasteiger partial charge in [-0.1, -0.05) is 18.2 Å². The molecule has 0 fully saturated rings. The van der Waals surface area contributed by atoms with Gasteiger partial charge in [-0.3, -0.25) is 14.6 Å². The summed E-state index contributed by atoms with van der Waals surface area (Å²) in [6, 6.07) is 15.2. The third-order valence-corrected chi connectivity index (χ3v) is 4.62. The van der Waals surface area contributed by atoms with E-state index in [2.05, 4.69) is 37.6 Å². The van der Waals surface area contributed by atoms with Gasteiger partial charge < -0.3 is 20.9 Å². The minimum Gasteiger partial charge on any atom is -0.358 e. The van der Waals surface area contributed by atoms with Gasteiger partial charge >= 0.3 is 0 Å². The zero-order chi connectivity index (χ0) is 22.9. The SMILES string of the molecule is C=Nc1cnc(Nc2cccc(NC(C)=O)c2)nc1N(C)c1cccc(CCNC=O)c1. The maximum absolute atomic E-state index is 11.3. The molecule has 2 aromatic carbocycles. The third kappa shape index (κ3) is 5.88. The third-order valence-electron chi connectivity index (χ3n) is 4.62. The van der Waals surface area contributed by atoms with Crippen LogP contribution in [0.1, 0.15) is 12.5 Å². The van der Waals surface area contributed by atoms with Gasteiger partial charge in [0.15, 0.2) is 5.82 Å². The number of nitrogens with zero attached hydrogens (tertiary/aromatic N) is 4. The van der Waals surface area contributed by atoms with E-state index in [9.17, 15) is 9.59 Å². The number of amides is 2. The maximum Gasteiger partial charge on any atom is 0.229 e. The highest BCUT2D eigenvalue weighted by Crippen LogP contribution is 2.32. The Morgan fingerprint density at radius 1 is 1.19 bits per heavy atom. The molecule has 3 rings (SSSR count). The van der Waals surface area contributed by atoms with Crippen LogP contribution in [-0.2, 0) is 16.0 Å². The molecule has 1 heterocycles. The van der Waals surface area contributed by atoms with Crippen molar-refractivity contribution in [1.29, 1.82) is 0 Å². The van der Waals surface area contributed by atoms with Gasteiger partial charge in [0.2, 0.25) is 18.3 Å². The molecular weight excluding hydrogens is 406 g/mol. The van der Waals surface area contributed by atoms with Crippen LogP contribution < -0.4 is 20.9 Å². The van der Waals surface area contributed by atoms with Crippen LogP contribution in [0, 0.1) is 0 Å². The van der Waals surface area contributed by atoms with Gasteiger partial charge in [0.25, 0.3) is 0 Å². The zero-order valence-corrected chi connectivity index (χ0v) is 18.0. The van der Waals surface area contributed by atoms with Crippen LogP contribution in [-0.4, -0.2) is 42.6 Å². The highest BCUT2D eigenvalue weighted by Gasteiger charge is 2.14. The summed E-state index contributed by atoms with van der Waals surface area (Å²) >= 11 is 0. The molecule has 3 N–H and O–H groups in total. The van der Waals surface area contributed by atoms with E-state index in [0.29, 0.717) is 42.5 Å². The lowest BCUT2D eigenvalue weighted by molar-refractivity contribution is -0.114.